The molecule has 0 aromatic carbocycles. The van der Waals surface area contributed by atoms with Crippen molar-refractivity contribution in [2.24, 2.45) is 5.92 Å². The van der Waals surface area contributed by atoms with Crippen LogP contribution in [0.15, 0.2) is 0 Å². The summed E-state index contributed by atoms with van der Waals surface area (Å²) in [6.07, 6.45) is 27.1. The van der Waals surface area contributed by atoms with Gasteiger partial charge in [-0.1, -0.05) is 130 Å². The first-order chi connectivity index (χ1) is 13.8. The van der Waals surface area contributed by atoms with E-state index in [1.807, 2.05) is 0 Å². The molecule has 0 aliphatic carbocycles. The van der Waals surface area contributed by atoms with Gasteiger partial charge >= 0.3 is 0 Å². The van der Waals surface area contributed by atoms with E-state index in [0.29, 0.717) is 0 Å². The largest absolute Gasteiger partial charge is 0.303 e. The van der Waals surface area contributed by atoms with E-state index < -0.39 is 0 Å². The molecule has 0 aliphatic heterocycles. The van der Waals surface area contributed by atoms with Gasteiger partial charge < -0.3 is 4.90 Å². The first-order valence-corrected chi connectivity index (χ1v) is 13.5. The van der Waals surface area contributed by atoms with E-state index in [1.54, 1.807) is 0 Å². The van der Waals surface area contributed by atoms with E-state index in [1.165, 1.54) is 142 Å². The Morgan fingerprint density at radius 2 is 0.857 bits per heavy atom. The Morgan fingerprint density at radius 3 is 1.25 bits per heavy atom. The second-order valence-electron chi connectivity index (χ2n) is 9.31. The van der Waals surface area contributed by atoms with Crippen molar-refractivity contribution in [3.63, 3.8) is 0 Å². The van der Waals surface area contributed by atoms with Crippen molar-refractivity contribution < 1.29 is 0 Å². The molecule has 170 valence electrons. The maximum atomic E-state index is 2.84. The Kier molecular flexibility index (Phi) is 23.2. The predicted octanol–water partition coefficient (Wildman–Crippen LogP) is 9.40. The Morgan fingerprint density at radius 1 is 0.464 bits per heavy atom. The summed E-state index contributed by atoms with van der Waals surface area (Å²) >= 11 is 0. The van der Waals surface area contributed by atoms with Gasteiger partial charge in [0.05, 0.1) is 0 Å². The highest BCUT2D eigenvalue weighted by Crippen LogP contribution is 2.17. The van der Waals surface area contributed by atoms with Crippen molar-refractivity contribution >= 4 is 0 Å². The van der Waals surface area contributed by atoms with E-state index in [4.69, 9.17) is 0 Å². The molecule has 0 aliphatic rings. The van der Waals surface area contributed by atoms with Crippen LogP contribution in [0.5, 0.6) is 0 Å². The van der Waals surface area contributed by atoms with Crippen molar-refractivity contribution in [2.75, 3.05) is 19.6 Å². The minimum atomic E-state index is 0.929. The Balaban J connectivity index is 4.00. The minimum absolute atomic E-state index is 0.929. The number of unbranched alkanes of at least 4 members (excludes halogenated alkanes) is 14. The van der Waals surface area contributed by atoms with Crippen molar-refractivity contribution in [3.05, 3.63) is 0 Å². The van der Waals surface area contributed by atoms with Crippen molar-refractivity contribution in [1.82, 2.24) is 4.90 Å². The van der Waals surface area contributed by atoms with Crippen LogP contribution >= 0.6 is 0 Å². The number of hydrogen-bond acceptors (Lipinski definition) is 1. The normalized spacial score (nSPS) is 12.8. The monoisotopic (exact) mass is 395 g/mol. The van der Waals surface area contributed by atoms with E-state index in [0.717, 1.165) is 5.92 Å². The summed E-state index contributed by atoms with van der Waals surface area (Å²) in [5.74, 6) is 0.929. The number of rotatable bonds is 23. The fourth-order valence-electron chi connectivity index (χ4n) is 4.34. The molecule has 0 rings (SSSR count). The summed E-state index contributed by atoms with van der Waals surface area (Å²) in [4.78, 5) is 2.84. The molecule has 0 N–H and O–H groups in total. The lowest BCUT2D eigenvalue weighted by molar-refractivity contribution is 0.210. The van der Waals surface area contributed by atoms with Crippen LogP contribution in [0, 0.1) is 5.92 Å². The van der Waals surface area contributed by atoms with Crippen LogP contribution < -0.4 is 0 Å². The molecule has 28 heavy (non-hydrogen) atoms. The summed E-state index contributed by atoms with van der Waals surface area (Å²) < 4.78 is 0. The Hall–Kier alpha value is -0.0400. The molecule has 1 nitrogen and oxygen atoms in total. The fourth-order valence-corrected chi connectivity index (χ4v) is 4.34. The standard InChI is InChI=1S/C27H57N/c1-5-9-12-14-16-17-18-20-22-25-28(24-21-19-15-13-10-6-2)26-27(8-4)23-11-7-3/h27H,5-26H2,1-4H3. The molecule has 1 heteroatoms. The smallest absolute Gasteiger partial charge is 0.000955 e. The Bertz CT molecular complexity index is 275. The molecular formula is C27H57N. The molecule has 0 aromatic heterocycles. The SMILES string of the molecule is CCCCCCCCCCCN(CCCCCCCC)CC(CC)CCCC. The van der Waals surface area contributed by atoms with Gasteiger partial charge in [-0.3, -0.25) is 0 Å². The van der Waals surface area contributed by atoms with Crippen LogP contribution in [0.4, 0.5) is 0 Å². The quantitative estimate of drug-likeness (QED) is 0.156. The molecule has 0 spiro atoms. The molecule has 1 unspecified atom stereocenters. The molecule has 0 amide bonds. The second kappa shape index (κ2) is 23.2. The molecular weight excluding hydrogens is 338 g/mol. The lowest BCUT2D eigenvalue weighted by Gasteiger charge is -2.27. The molecule has 0 aromatic rings. The van der Waals surface area contributed by atoms with Gasteiger partial charge in [-0.25, -0.2) is 0 Å². The summed E-state index contributed by atoms with van der Waals surface area (Å²) in [6, 6.07) is 0. The molecule has 0 radical (unpaired) electrons. The lowest BCUT2D eigenvalue weighted by Crippen LogP contribution is -2.31. The van der Waals surface area contributed by atoms with Gasteiger partial charge in [-0.15, -0.1) is 0 Å². The van der Waals surface area contributed by atoms with E-state index in [-0.39, 0.29) is 0 Å². The molecule has 0 fully saturated rings. The van der Waals surface area contributed by atoms with E-state index >= 15 is 0 Å². The molecule has 0 heterocycles. The second-order valence-corrected chi connectivity index (χ2v) is 9.31. The summed E-state index contributed by atoms with van der Waals surface area (Å²) in [5.41, 5.74) is 0. The molecule has 0 bridgehead atoms. The lowest BCUT2D eigenvalue weighted by atomic mass is 9.98. The maximum absolute atomic E-state index is 2.84. The zero-order chi connectivity index (χ0) is 20.7. The van der Waals surface area contributed by atoms with E-state index in [9.17, 15) is 0 Å². The highest BCUT2D eigenvalue weighted by Gasteiger charge is 2.12. The third kappa shape index (κ3) is 19.3. The Labute approximate surface area is 180 Å². The molecule has 0 saturated carbocycles. The first-order valence-electron chi connectivity index (χ1n) is 13.5. The number of nitrogens with zero attached hydrogens (tertiary/aromatic N) is 1. The first kappa shape index (κ1) is 28.0. The summed E-state index contributed by atoms with van der Waals surface area (Å²) in [7, 11) is 0. The topological polar surface area (TPSA) is 3.24 Å². The van der Waals surface area contributed by atoms with Gasteiger partial charge in [0.1, 0.15) is 0 Å². The predicted molar refractivity (Wildman–Crippen MR) is 130 cm³/mol. The zero-order valence-electron chi connectivity index (χ0n) is 20.6. The van der Waals surface area contributed by atoms with Gasteiger partial charge in [0.15, 0.2) is 0 Å². The minimum Gasteiger partial charge on any atom is -0.303 e. The van der Waals surface area contributed by atoms with Gasteiger partial charge in [-0.2, -0.15) is 0 Å². The molecule has 1 atom stereocenters. The van der Waals surface area contributed by atoms with Crippen LogP contribution in [-0.2, 0) is 0 Å². The van der Waals surface area contributed by atoms with Gasteiger partial charge in [0.2, 0.25) is 0 Å². The van der Waals surface area contributed by atoms with Crippen LogP contribution in [0.25, 0.3) is 0 Å². The zero-order valence-corrected chi connectivity index (χ0v) is 20.6. The number of hydrogen-bond donors (Lipinski definition) is 0. The van der Waals surface area contributed by atoms with Crippen LogP contribution in [0.3, 0.4) is 0 Å². The van der Waals surface area contributed by atoms with Crippen LogP contribution in [0.1, 0.15) is 150 Å². The highest BCUT2D eigenvalue weighted by molar-refractivity contribution is 4.66. The fraction of sp³-hybridized carbons (Fsp3) is 1.00. The average molecular weight is 396 g/mol. The third-order valence-electron chi connectivity index (χ3n) is 6.47. The van der Waals surface area contributed by atoms with Crippen molar-refractivity contribution in [1.29, 1.82) is 0 Å². The van der Waals surface area contributed by atoms with Gasteiger partial charge in [-0.05, 0) is 38.3 Å². The maximum Gasteiger partial charge on any atom is 0.000955 e. The van der Waals surface area contributed by atoms with E-state index in [2.05, 4.69) is 32.6 Å². The van der Waals surface area contributed by atoms with Gasteiger partial charge in [0.25, 0.3) is 0 Å². The van der Waals surface area contributed by atoms with Crippen LogP contribution in [-0.4, -0.2) is 24.5 Å². The average Bonchev–Trinajstić information content (AvgIpc) is 2.71. The highest BCUT2D eigenvalue weighted by atomic mass is 15.1. The summed E-state index contributed by atoms with van der Waals surface area (Å²) in [5, 5.41) is 0. The molecule has 0 saturated heterocycles. The summed E-state index contributed by atoms with van der Waals surface area (Å²) in [6.45, 7) is 13.4. The van der Waals surface area contributed by atoms with Gasteiger partial charge in [0, 0.05) is 6.54 Å². The van der Waals surface area contributed by atoms with Crippen molar-refractivity contribution in [3.8, 4) is 0 Å². The third-order valence-corrected chi connectivity index (χ3v) is 6.47. The van der Waals surface area contributed by atoms with Crippen LogP contribution in [0.2, 0.25) is 0 Å². The van der Waals surface area contributed by atoms with Crippen molar-refractivity contribution in [2.45, 2.75) is 150 Å².